The minimum absolute atomic E-state index is 0.804. The lowest BCUT2D eigenvalue weighted by atomic mass is 9.81. The smallest absolute Gasteiger partial charge is 0.0113 e. The third kappa shape index (κ3) is 5.76. The molecule has 2 aliphatic rings. The molecular formula is C18H36N2S. The van der Waals surface area contributed by atoms with E-state index in [1.165, 1.54) is 83.1 Å². The molecule has 2 fully saturated rings. The van der Waals surface area contributed by atoms with E-state index in [-0.39, 0.29) is 0 Å². The highest BCUT2D eigenvalue weighted by Gasteiger charge is 2.37. The number of rotatable bonds is 10. The highest BCUT2D eigenvalue weighted by Crippen LogP contribution is 2.34. The summed E-state index contributed by atoms with van der Waals surface area (Å²) >= 11 is 1.99. The number of hydrogen-bond donors (Lipinski definition) is 1. The Morgan fingerprint density at radius 3 is 2.43 bits per heavy atom. The van der Waals surface area contributed by atoms with Crippen molar-refractivity contribution in [3.8, 4) is 0 Å². The molecular weight excluding hydrogens is 276 g/mol. The molecule has 3 heteroatoms. The van der Waals surface area contributed by atoms with Crippen molar-refractivity contribution in [1.29, 1.82) is 0 Å². The van der Waals surface area contributed by atoms with E-state index >= 15 is 0 Å². The molecule has 2 bridgehead atoms. The number of nitrogens with one attached hydrogen (secondary N) is 1. The minimum atomic E-state index is 0.804. The normalized spacial score (nSPS) is 29.7. The summed E-state index contributed by atoms with van der Waals surface area (Å²) in [6, 6.07) is 2.58. The van der Waals surface area contributed by atoms with Crippen LogP contribution < -0.4 is 5.32 Å². The Balaban J connectivity index is 1.68. The van der Waals surface area contributed by atoms with Crippen molar-refractivity contribution in [3.63, 3.8) is 0 Å². The van der Waals surface area contributed by atoms with E-state index in [2.05, 4.69) is 23.4 Å². The van der Waals surface area contributed by atoms with Gasteiger partial charge in [0.25, 0.3) is 0 Å². The molecule has 0 aromatic rings. The summed E-state index contributed by atoms with van der Waals surface area (Å²) in [5.41, 5.74) is 0. The van der Waals surface area contributed by atoms with Gasteiger partial charge < -0.3 is 5.32 Å². The average molecular weight is 313 g/mol. The molecule has 2 unspecified atom stereocenters. The third-order valence-electron chi connectivity index (χ3n) is 5.32. The largest absolute Gasteiger partial charge is 0.314 e. The molecule has 0 amide bonds. The molecule has 0 radical (unpaired) electrons. The van der Waals surface area contributed by atoms with Crippen LogP contribution in [0.4, 0.5) is 0 Å². The second-order valence-corrected chi connectivity index (χ2v) is 7.99. The van der Waals surface area contributed by atoms with Crippen LogP contribution in [0.25, 0.3) is 0 Å². The highest BCUT2D eigenvalue weighted by molar-refractivity contribution is 7.98. The van der Waals surface area contributed by atoms with E-state index in [1.54, 1.807) is 0 Å². The van der Waals surface area contributed by atoms with Gasteiger partial charge in [0.15, 0.2) is 0 Å². The fourth-order valence-electron chi connectivity index (χ4n) is 4.25. The summed E-state index contributed by atoms with van der Waals surface area (Å²) in [5, 5.41) is 3.78. The van der Waals surface area contributed by atoms with Gasteiger partial charge in [0, 0.05) is 18.1 Å². The lowest BCUT2D eigenvalue weighted by molar-refractivity contribution is 0.0233. The van der Waals surface area contributed by atoms with E-state index < -0.39 is 0 Å². The quantitative estimate of drug-likeness (QED) is 0.606. The van der Waals surface area contributed by atoms with E-state index in [4.69, 9.17) is 0 Å². The van der Waals surface area contributed by atoms with Crippen LogP contribution >= 0.6 is 11.8 Å². The molecule has 0 aliphatic carbocycles. The van der Waals surface area contributed by atoms with Crippen LogP contribution in [-0.4, -0.2) is 48.1 Å². The maximum Gasteiger partial charge on any atom is 0.0113 e. The second-order valence-electron chi connectivity index (χ2n) is 7.01. The minimum Gasteiger partial charge on any atom is -0.314 e. The number of hydrogen-bond acceptors (Lipinski definition) is 3. The van der Waals surface area contributed by atoms with Crippen LogP contribution in [0.1, 0.15) is 71.1 Å². The number of thioether (sulfide) groups is 1. The number of nitrogens with zero attached hydrogens (tertiary/aromatic N) is 1. The van der Waals surface area contributed by atoms with Gasteiger partial charge in [-0.3, -0.25) is 4.90 Å². The molecule has 2 heterocycles. The average Bonchev–Trinajstić information content (AvgIpc) is 2.48. The zero-order valence-electron chi connectivity index (χ0n) is 14.3. The molecule has 0 aromatic carbocycles. The molecule has 2 rings (SSSR count). The monoisotopic (exact) mass is 312 g/mol. The Morgan fingerprint density at radius 1 is 1.05 bits per heavy atom. The molecule has 2 aliphatic heterocycles. The van der Waals surface area contributed by atoms with Gasteiger partial charge in [-0.25, -0.2) is 0 Å². The van der Waals surface area contributed by atoms with Crippen LogP contribution in [0.5, 0.6) is 0 Å². The summed E-state index contributed by atoms with van der Waals surface area (Å²) in [6.45, 7) is 4.86. The number of piperidine rings is 2. The molecule has 124 valence electrons. The van der Waals surface area contributed by atoms with Crippen LogP contribution in [-0.2, 0) is 0 Å². The summed E-state index contributed by atoms with van der Waals surface area (Å²) < 4.78 is 0. The summed E-state index contributed by atoms with van der Waals surface area (Å²) in [6.07, 6.45) is 16.4. The summed E-state index contributed by atoms with van der Waals surface area (Å²) in [5.74, 6) is 1.35. The SMILES string of the molecule is CCCNC1CC2CCCC(C1)N2CCCCCCSC. The maximum atomic E-state index is 3.78. The Kier molecular flexibility index (Phi) is 8.49. The first kappa shape index (κ1) is 17.6. The van der Waals surface area contributed by atoms with E-state index in [1.807, 2.05) is 11.8 Å². The lowest BCUT2D eigenvalue weighted by Gasteiger charge is -2.49. The van der Waals surface area contributed by atoms with Gasteiger partial charge in [-0.2, -0.15) is 11.8 Å². The van der Waals surface area contributed by atoms with E-state index in [0.29, 0.717) is 0 Å². The van der Waals surface area contributed by atoms with Crippen molar-refractivity contribution < 1.29 is 0 Å². The van der Waals surface area contributed by atoms with Crippen molar-refractivity contribution in [2.45, 2.75) is 89.3 Å². The van der Waals surface area contributed by atoms with Crippen molar-refractivity contribution in [1.82, 2.24) is 10.2 Å². The molecule has 2 nitrogen and oxygen atoms in total. The number of fused-ring (bicyclic) bond motifs is 2. The Morgan fingerprint density at radius 2 is 1.76 bits per heavy atom. The Bertz CT molecular complexity index is 258. The van der Waals surface area contributed by atoms with Crippen molar-refractivity contribution >= 4 is 11.8 Å². The predicted octanol–water partition coefficient (Wildman–Crippen LogP) is 4.29. The Labute approximate surface area is 136 Å². The first-order chi connectivity index (χ1) is 10.3. The molecule has 2 saturated heterocycles. The molecule has 1 N–H and O–H groups in total. The van der Waals surface area contributed by atoms with Gasteiger partial charge in [-0.1, -0.05) is 26.2 Å². The van der Waals surface area contributed by atoms with Gasteiger partial charge in [0.2, 0.25) is 0 Å². The second kappa shape index (κ2) is 10.1. The van der Waals surface area contributed by atoms with E-state index in [9.17, 15) is 0 Å². The van der Waals surface area contributed by atoms with Crippen molar-refractivity contribution in [2.24, 2.45) is 0 Å². The van der Waals surface area contributed by atoms with Crippen molar-refractivity contribution in [2.75, 3.05) is 25.1 Å². The first-order valence-electron chi connectivity index (χ1n) is 9.33. The van der Waals surface area contributed by atoms with E-state index in [0.717, 1.165) is 18.1 Å². The van der Waals surface area contributed by atoms with Crippen LogP contribution in [0, 0.1) is 0 Å². The Hall–Kier alpha value is 0.270. The van der Waals surface area contributed by atoms with Crippen molar-refractivity contribution in [3.05, 3.63) is 0 Å². The standard InChI is InChI=1S/C18H36N2S/c1-3-11-19-16-14-17-9-8-10-18(15-16)20(17)12-6-4-5-7-13-21-2/h16-19H,3-15H2,1-2H3. The van der Waals surface area contributed by atoms with Gasteiger partial charge in [0.1, 0.15) is 0 Å². The fraction of sp³-hybridized carbons (Fsp3) is 1.00. The molecule has 2 atom stereocenters. The third-order valence-corrected chi connectivity index (χ3v) is 6.02. The highest BCUT2D eigenvalue weighted by atomic mass is 32.2. The predicted molar refractivity (Wildman–Crippen MR) is 96.3 cm³/mol. The van der Waals surface area contributed by atoms with Gasteiger partial charge in [-0.05, 0) is 70.0 Å². The van der Waals surface area contributed by atoms with Crippen LogP contribution in [0.2, 0.25) is 0 Å². The van der Waals surface area contributed by atoms with Gasteiger partial charge in [0.05, 0.1) is 0 Å². The zero-order chi connectivity index (χ0) is 14.9. The molecule has 0 saturated carbocycles. The fourth-order valence-corrected chi connectivity index (χ4v) is 4.75. The molecule has 21 heavy (non-hydrogen) atoms. The maximum absolute atomic E-state index is 3.78. The van der Waals surface area contributed by atoms with Gasteiger partial charge in [-0.15, -0.1) is 0 Å². The zero-order valence-corrected chi connectivity index (χ0v) is 15.1. The molecule has 0 spiro atoms. The molecule has 0 aromatic heterocycles. The topological polar surface area (TPSA) is 15.3 Å². The number of unbranched alkanes of at least 4 members (excludes halogenated alkanes) is 3. The summed E-state index contributed by atoms with van der Waals surface area (Å²) in [7, 11) is 0. The summed E-state index contributed by atoms with van der Waals surface area (Å²) in [4.78, 5) is 2.89. The first-order valence-corrected chi connectivity index (χ1v) is 10.7. The van der Waals surface area contributed by atoms with Crippen LogP contribution in [0.3, 0.4) is 0 Å². The van der Waals surface area contributed by atoms with Crippen LogP contribution in [0.15, 0.2) is 0 Å². The lowest BCUT2D eigenvalue weighted by Crippen LogP contribution is -2.56. The van der Waals surface area contributed by atoms with Gasteiger partial charge >= 0.3 is 0 Å².